The summed E-state index contributed by atoms with van der Waals surface area (Å²) in [5.41, 5.74) is 3.10. The summed E-state index contributed by atoms with van der Waals surface area (Å²) >= 11 is 3.80. The molecule has 0 bridgehead atoms. The minimum Gasteiger partial charge on any atom is -0.396 e. The van der Waals surface area contributed by atoms with Gasteiger partial charge in [0, 0.05) is 16.5 Å². The van der Waals surface area contributed by atoms with Gasteiger partial charge in [0.15, 0.2) is 0 Å². The molecule has 1 aromatic rings. The first-order valence-electron chi connectivity index (χ1n) is 8.39. The van der Waals surface area contributed by atoms with E-state index in [-0.39, 0.29) is 22.9 Å². The van der Waals surface area contributed by atoms with Gasteiger partial charge >= 0.3 is 0 Å². The average Bonchev–Trinajstić information content (AvgIpc) is 2.36. The monoisotopic (exact) mass is 384 g/mol. The standard InChI is InChI=1S/C20H33BrO2/c1-13(23)20(7,8)16-12-14(18(2,3)4)11-15(17(16)21)19(5,6)9-10-22/h11-13,22-23H,9-10H2,1-8H3. The van der Waals surface area contributed by atoms with Gasteiger partial charge in [-0.1, -0.05) is 76.5 Å². The summed E-state index contributed by atoms with van der Waals surface area (Å²) in [5, 5.41) is 19.7. The summed E-state index contributed by atoms with van der Waals surface area (Å²) in [7, 11) is 0. The molecule has 1 aromatic carbocycles. The third-order valence-electron chi connectivity index (χ3n) is 5.14. The molecule has 1 atom stereocenters. The van der Waals surface area contributed by atoms with Crippen LogP contribution in [0.1, 0.15) is 78.5 Å². The summed E-state index contributed by atoms with van der Waals surface area (Å²) in [4.78, 5) is 0. The van der Waals surface area contributed by atoms with Crippen molar-refractivity contribution in [3.63, 3.8) is 0 Å². The molecule has 0 aliphatic rings. The molecule has 2 nitrogen and oxygen atoms in total. The van der Waals surface area contributed by atoms with Gasteiger partial charge < -0.3 is 10.2 Å². The summed E-state index contributed by atoms with van der Waals surface area (Å²) in [6.07, 6.45) is 0.246. The highest BCUT2D eigenvalue weighted by molar-refractivity contribution is 9.10. The molecule has 0 fully saturated rings. The van der Waals surface area contributed by atoms with Gasteiger partial charge in [-0.3, -0.25) is 0 Å². The highest BCUT2D eigenvalue weighted by Gasteiger charge is 2.34. The number of aliphatic hydroxyl groups is 2. The molecule has 0 heterocycles. The Morgan fingerprint density at radius 1 is 1.00 bits per heavy atom. The molecule has 0 saturated heterocycles. The van der Waals surface area contributed by atoms with Crippen LogP contribution in [-0.4, -0.2) is 22.9 Å². The summed E-state index contributed by atoms with van der Waals surface area (Å²) in [6.45, 7) is 17.1. The zero-order valence-electron chi connectivity index (χ0n) is 15.9. The zero-order chi connectivity index (χ0) is 18.2. The van der Waals surface area contributed by atoms with Crippen molar-refractivity contribution < 1.29 is 10.2 Å². The first-order chi connectivity index (χ1) is 10.2. The SMILES string of the molecule is CC(O)C(C)(C)c1cc(C(C)(C)C)cc(C(C)(C)CCO)c1Br. The highest BCUT2D eigenvalue weighted by Crippen LogP contribution is 2.43. The van der Waals surface area contributed by atoms with Crippen LogP contribution in [0.3, 0.4) is 0 Å². The maximum atomic E-state index is 10.3. The van der Waals surface area contributed by atoms with E-state index in [1.807, 2.05) is 6.92 Å². The Bertz CT molecular complexity index is 551. The lowest BCUT2D eigenvalue weighted by molar-refractivity contribution is 0.117. The lowest BCUT2D eigenvalue weighted by atomic mass is 9.72. The molecule has 0 saturated carbocycles. The fourth-order valence-electron chi connectivity index (χ4n) is 2.66. The first kappa shape index (κ1) is 20.7. The minimum atomic E-state index is -0.456. The average molecular weight is 385 g/mol. The van der Waals surface area contributed by atoms with Gasteiger partial charge in [0.25, 0.3) is 0 Å². The van der Waals surface area contributed by atoms with E-state index in [1.54, 1.807) is 0 Å². The molecule has 1 rings (SSSR count). The largest absolute Gasteiger partial charge is 0.396 e. The van der Waals surface area contributed by atoms with Crippen molar-refractivity contribution in [1.82, 2.24) is 0 Å². The lowest BCUT2D eigenvalue weighted by Crippen LogP contribution is -2.33. The van der Waals surface area contributed by atoms with E-state index in [0.717, 1.165) is 10.0 Å². The van der Waals surface area contributed by atoms with E-state index in [4.69, 9.17) is 0 Å². The Balaban J connectivity index is 3.72. The van der Waals surface area contributed by atoms with Crippen molar-refractivity contribution in [2.75, 3.05) is 6.61 Å². The third-order valence-corrected chi connectivity index (χ3v) is 6.00. The van der Waals surface area contributed by atoms with Crippen molar-refractivity contribution in [2.24, 2.45) is 0 Å². The lowest BCUT2D eigenvalue weighted by Gasteiger charge is -2.36. The summed E-state index contributed by atoms with van der Waals surface area (Å²) < 4.78 is 1.05. The van der Waals surface area contributed by atoms with Crippen molar-refractivity contribution >= 4 is 15.9 Å². The number of rotatable bonds is 5. The zero-order valence-corrected chi connectivity index (χ0v) is 17.5. The van der Waals surface area contributed by atoms with Crippen LogP contribution < -0.4 is 0 Å². The Morgan fingerprint density at radius 2 is 1.48 bits per heavy atom. The van der Waals surface area contributed by atoms with Crippen molar-refractivity contribution in [3.8, 4) is 0 Å². The van der Waals surface area contributed by atoms with Crippen LogP contribution in [-0.2, 0) is 16.2 Å². The molecule has 23 heavy (non-hydrogen) atoms. The topological polar surface area (TPSA) is 40.5 Å². The maximum Gasteiger partial charge on any atom is 0.0603 e. The fraction of sp³-hybridized carbons (Fsp3) is 0.700. The van der Waals surface area contributed by atoms with Gasteiger partial charge in [-0.05, 0) is 40.9 Å². The van der Waals surface area contributed by atoms with E-state index < -0.39 is 6.10 Å². The molecule has 0 aromatic heterocycles. The van der Waals surface area contributed by atoms with Crippen LogP contribution in [0, 0.1) is 0 Å². The minimum absolute atomic E-state index is 0.0221. The number of hydrogen-bond acceptors (Lipinski definition) is 2. The fourth-order valence-corrected chi connectivity index (χ4v) is 3.93. The Kier molecular flexibility index (Phi) is 6.16. The molecule has 2 N–H and O–H groups in total. The predicted molar refractivity (Wildman–Crippen MR) is 102 cm³/mol. The van der Waals surface area contributed by atoms with Crippen molar-refractivity contribution in [2.45, 2.75) is 84.2 Å². The number of hydrogen-bond donors (Lipinski definition) is 2. The van der Waals surface area contributed by atoms with Crippen LogP contribution in [0.5, 0.6) is 0 Å². The molecule has 132 valence electrons. The van der Waals surface area contributed by atoms with Gasteiger partial charge in [-0.15, -0.1) is 0 Å². The molecule has 0 radical (unpaired) electrons. The normalized spacial score (nSPS) is 14.9. The third kappa shape index (κ3) is 4.37. The molecular weight excluding hydrogens is 352 g/mol. The summed E-state index contributed by atoms with van der Waals surface area (Å²) in [6, 6.07) is 4.47. The van der Waals surface area contributed by atoms with E-state index in [0.29, 0.717) is 6.42 Å². The number of aliphatic hydroxyl groups excluding tert-OH is 2. The van der Waals surface area contributed by atoms with E-state index in [2.05, 4.69) is 76.5 Å². The maximum absolute atomic E-state index is 10.3. The first-order valence-corrected chi connectivity index (χ1v) is 9.18. The number of halogens is 1. The van der Waals surface area contributed by atoms with Crippen molar-refractivity contribution in [3.05, 3.63) is 33.3 Å². The van der Waals surface area contributed by atoms with Crippen LogP contribution in [0.25, 0.3) is 0 Å². The van der Waals surface area contributed by atoms with Crippen molar-refractivity contribution in [1.29, 1.82) is 0 Å². The van der Waals surface area contributed by atoms with Gasteiger partial charge in [-0.2, -0.15) is 0 Å². The highest BCUT2D eigenvalue weighted by atomic mass is 79.9. The van der Waals surface area contributed by atoms with Crippen LogP contribution in [0.2, 0.25) is 0 Å². The smallest absolute Gasteiger partial charge is 0.0603 e. The Labute approximate surface area is 150 Å². The molecule has 0 amide bonds. The number of benzene rings is 1. The van der Waals surface area contributed by atoms with Crippen LogP contribution in [0.4, 0.5) is 0 Å². The molecule has 3 heteroatoms. The molecule has 0 aliphatic carbocycles. The van der Waals surface area contributed by atoms with Gasteiger partial charge in [-0.25, -0.2) is 0 Å². The quantitative estimate of drug-likeness (QED) is 0.743. The van der Waals surface area contributed by atoms with E-state index >= 15 is 0 Å². The van der Waals surface area contributed by atoms with Gasteiger partial charge in [0.2, 0.25) is 0 Å². The van der Waals surface area contributed by atoms with Gasteiger partial charge in [0.05, 0.1) is 6.10 Å². The van der Waals surface area contributed by atoms with E-state index in [9.17, 15) is 10.2 Å². The molecular formula is C20H33BrO2. The van der Waals surface area contributed by atoms with Crippen LogP contribution >= 0.6 is 15.9 Å². The van der Waals surface area contributed by atoms with E-state index in [1.165, 1.54) is 11.1 Å². The summed E-state index contributed by atoms with van der Waals surface area (Å²) in [5.74, 6) is 0. The van der Waals surface area contributed by atoms with Gasteiger partial charge in [0.1, 0.15) is 0 Å². The van der Waals surface area contributed by atoms with Crippen LogP contribution in [0.15, 0.2) is 16.6 Å². The second-order valence-corrected chi connectivity index (χ2v) is 9.68. The Hall–Kier alpha value is -0.380. The Morgan fingerprint density at radius 3 is 1.87 bits per heavy atom. The second-order valence-electron chi connectivity index (χ2n) is 8.89. The molecule has 0 aliphatic heterocycles. The predicted octanol–water partition coefficient (Wildman–Crippen LogP) is 5.07. The molecule has 1 unspecified atom stereocenters. The molecule has 0 spiro atoms. The second kappa shape index (κ2) is 6.85.